The molecule has 1 saturated heterocycles. The lowest BCUT2D eigenvalue weighted by Crippen LogP contribution is -2.52. The summed E-state index contributed by atoms with van der Waals surface area (Å²) in [5.41, 5.74) is 1.11. The van der Waals surface area contributed by atoms with Gasteiger partial charge in [-0.1, -0.05) is 11.6 Å². The largest absolute Gasteiger partial charge is 0.368 e. The Morgan fingerprint density at radius 3 is 2.22 bits per heavy atom. The zero-order valence-electron chi connectivity index (χ0n) is 16.0. The normalized spacial score (nSPS) is 14.7. The van der Waals surface area contributed by atoms with Crippen LogP contribution in [0.3, 0.4) is 0 Å². The monoisotopic (exact) mass is 394 g/mol. The van der Waals surface area contributed by atoms with E-state index in [-0.39, 0.29) is 24.9 Å². The molecule has 27 heavy (non-hydrogen) atoms. The molecule has 1 aliphatic heterocycles. The maximum Gasteiger partial charge on any atom is 0.242 e. The molecule has 1 aromatic carbocycles. The molecule has 2 N–H and O–H groups in total. The lowest BCUT2D eigenvalue weighted by molar-refractivity contribution is -0.130. The minimum atomic E-state index is -0.0670. The van der Waals surface area contributed by atoms with Gasteiger partial charge in [-0.05, 0) is 24.3 Å². The van der Waals surface area contributed by atoms with Crippen LogP contribution in [-0.4, -0.2) is 88.0 Å². The summed E-state index contributed by atoms with van der Waals surface area (Å²) in [4.78, 5) is 33.6. The first kappa shape index (κ1) is 20.8. The molecule has 0 atom stereocenters. The van der Waals surface area contributed by atoms with Crippen LogP contribution in [0.15, 0.2) is 29.3 Å². The van der Waals surface area contributed by atoms with E-state index < -0.39 is 0 Å². The second-order valence-corrected chi connectivity index (χ2v) is 6.85. The number of hydrogen-bond donors (Lipinski definition) is 2. The quantitative estimate of drug-likeness (QED) is 0.552. The number of halogens is 1. The van der Waals surface area contributed by atoms with Gasteiger partial charge in [0.25, 0.3) is 0 Å². The third-order valence-corrected chi connectivity index (χ3v) is 4.61. The van der Waals surface area contributed by atoms with Crippen molar-refractivity contribution < 1.29 is 9.59 Å². The predicted octanol–water partition coefficient (Wildman–Crippen LogP) is 0.242. The number of guanidine groups is 1. The van der Waals surface area contributed by atoms with Crippen molar-refractivity contribution in [2.75, 3.05) is 65.3 Å². The van der Waals surface area contributed by atoms with Crippen molar-refractivity contribution in [2.45, 2.75) is 0 Å². The van der Waals surface area contributed by atoms with Gasteiger partial charge < -0.3 is 25.3 Å². The van der Waals surface area contributed by atoms with Gasteiger partial charge in [0, 0.05) is 58.0 Å². The van der Waals surface area contributed by atoms with Crippen LogP contribution in [0.25, 0.3) is 0 Å². The molecule has 1 heterocycles. The van der Waals surface area contributed by atoms with Crippen LogP contribution >= 0.6 is 11.6 Å². The number of likely N-dealkylation sites (N-methyl/N-ethyl adjacent to an activating group) is 1. The Bertz CT molecular complexity index is 669. The summed E-state index contributed by atoms with van der Waals surface area (Å²) in [6.45, 7) is 3.13. The molecule has 1 fully saturated rings. The predicted molar refractivity (Wildman–Crippen MR) is 108 cm³/mol. The van der Waals surface area contributed by atoms with Crippen molar-refractivity contribution in [1.29, 1.82) is 0 Å². The third kappa shape index (κ3) is 6.32. The molecule has 0 aliphatic carbocycles. The Hall–Kier alpha value is -2.48. The van der Waals surface area contributed by atoms with Gasteiger partial charge in [0.05, 0.1) is 13.1 Å². The van der Waals surface area contributed by atoms with Crippen LogP contribution in [0, 0.1) is 0 Å². The topological polar surface area (TPSA) is 80.3 Å². The van der Waals surface area contributed by atoms with Crippen molar-refractivity contribution in [2.24, 2.45) is 4.99 Å². The number of rotatable bonds is 5. The number of carbonyl (C=O) groups is 2. The summed E-state index contributed by atoms with van der Waals surface area (Å²) >= 11 is 5.93. The molecule has 1 aromatic rings. The molecular formula is C18H27ClN6O2. The highest BCUT2D eigenvalue weighted by atomic mass is 35.5. The second-order valence-electron chi connectivity index (χ2n) is 6.41. The van der Waals surface area contributed by atoms with E-state index in [0.717, 1.165) is 18.8 Å². The lowest BCUT2D eigenvalue weighted by Gasteiger charge is -2.36. The molecule has 9 heteroatoms. The summed E-state index contributed by atoms with van der Waals surface area (Å²) < 4.78 is 0. The molecule has 0 aromatic heterocycles. The molecule has 0 bridgehead atoms. The highest BCUT2D eigenvalue weighted by molar-refractivity contribution is 6.30. The molecule has 148 valence electrons. The van der Waals surface area contributed by atoms with Crippen LogP contribution in [-0.2, 0) is 9.59 Å². The molecule has 2 amide bonds. The number of nitrogens with one attached hydrogen (secondary N) is 2. The van der Waals surface area contributed by atoms with Crippen molar-refractivity contribution in [3.8, 4) is 0 Å². The van der Waals surface area contributed by atoms with Crippen LogP contribution in [0.1, 0.15) is 0 Å². The Morgan fingerprint density at radius 2 is 1.67 bits per heavy atom. The Kier molecular flexibility index (Phi) is 7.72. The van der Waals surface area contributed by atoms with E-state index in [9.17, 15) is 9.59 Å². The molecule has 0 unspecified atom stereocenters. The van der Waals surface area contributed by atoms with Crippen LogP contribution in [0.2, 0.25) is 5.02 Å². The van der Waals surface area contributed by atoms with E-state index in [0.29, 0.717) is 24.1 Å². The lowest BCUT2D eigenvalue weighted by atomic mass is 10.2. The number of nitrogens with zero attached hydrogens (tertiary/aromatic N) is 4. The Balaban J connectivity index is 1.75. The van der Waals surface area contributed by atoms with Gasteiger partial charge in [-0.2, -0.15) is 0 Å². The van der Waals surface area contributed by atoms with Gasteiger partial charge in [0.1, 0.15) is 0 Å². The summed E-state index contributed by atoms with van der Waals surface area (Å²) in [6, 6.07) is 7.73. The maximum atomic E-state index is 12.4. The first-order valence-corrected chi connectivity index (χ1v) is 9.21. The SMILES string of the molecule is CN=C(NCC(=O)N(C)C)NCC(=O)N1CCN(c2ccc(Cl)cc2)CC1. The van der Waals surface area contributed by atoms with Gasteiger partial charge in [0.2, 0.25) is 11.8 Å². The van der Waals surface area contributed by atoms with E-state index >= 15 is 0 Å². The standard InChI is InChI=1S/C18H27ClN6O2/c1-20-18(21-12-16(26)23(2)3)22-13-17(27)25-10-8-24(9-11-25)15-6-4-14(19)5-7-15/h4-7H,8-13H2,1-3H3,(H2,20,21,22). The summed E-state index contributed by atoms with van der Waals surface area (Å²) in [5.74, 6) is 0.369. The van der Waals surface area contributed by atoms with Gasteiger partial charge in [-0.3, -0.25) is 14.6 Å². The summed E-state index contributed by atoms with van der Waals surface area (Å²) in [7, 11) is 4.98. The first-order chi connectivity index (χ1) is 12.9. The summed E-state index contributed by atoms with van der Waals surface area (Å²) in [5, 5.41) is 6.57. The maximum absolute atomic E-state index is 12.4. The molecular weight excluding hydrogens is 368 g/mol. The number of carbonyl (C=O) groups excluding carboxylic acids is 2. The fourth-order valence-corrected chi connectivity index (χ4v) is 2.80. The zero-order valence-corrected chi connectivity index (χ0v) is 16.8. The van der Waals surface area contributed by atoms with Gasteiger partial charge in [-0.15, -0.1) is 0 Å². The summed E-state index contributed by atoms with van der Waals surface area (Å²) in [6.07, 6.45) is 0. The van der Waals surface area contributed by atoms with Crippen molar-refractivity contribution in [3.05, 3.63) is 29.3 Å². The number of hydrogen-bond acceptors (Lipinski definition) is 4. The van der Waals surface area contributed by atoms with Crippen LogP contribution < -0.4 is 15.5 Å². The number of amides is 2. The smallest absolute Gasteiger partial charge is 0.242 e. The molecule has 1 aliphatic rings. The molecule has 0 saturated carbocycles. The average molecular weight is 395 g/mol. The fraction of sp³-hybridized carbons (Fsp3) is 0.500. The van der Waals surface area contributed by atoms with Crippen molar-refractivity contribution in [3.63, 3.8) is 0 Å². The minimum Gasteiger partial charge on any atom is -0.368 e. The number of piperazine rings is 1. The van der Waals surface area contributed by atoms with Gasteiger partial charge in [-0.25, -0.2) is 0 Å². The van der Waals surface area contributed by atoms with Crippen molar-refractivity contribution in [1.82, 2.24) is 20.4 Å². The van der Waals surface area contributed by atoms with Gasteiger partial charge in [0.15, 0.2) is 5.96 Å². The number of aliphatic imine (C=N–C) groups is 1. The first-order valence-electron chi connectivity index (χ1n) is 8.83. The Labute approximate surface area is 165 Å². The van der Waals surface area contributed by atoms with Gasteiger partial charge >= 0.3 is 0 Å². The zero-order chi connectivity index (χ0) is 19.8. The highest BCUT2D eigenvalue weighted by Crippen LogP contribution is 2.19. The Morgan fingerprint density at radius 1 is 1.07 bits per heavy atom. The van der Waals surface area contributed by atoms with Crippen molar-refractivity contribution >= 4 is 35.1 Å². The van der Waals surface area contributed by atoms with E-state index in [1.165, 1.54) is 4.90 Å². The van der Waals surface area contributed by atoms with Crippen LogP contribution in [0.4, 0.5) is 5.69 Å². The molecule has 0 spiro atoms. The third-order valence-electron chi connectivity index (χ3n) is 4.36. The van der Waals surface area contributed by atoms with E-state index in [2.05, 4.69) is 20.5 Å². The second kappa shape index (κ2) is 10.0. The van der Waals surface area contributed by atoms with Crippen LogP contribution in [0.5, 0.6) is 0 Å². The molecule has 8 nitrogen and oxygen atoms in total. The number of benzene rings is 1. The average Bonchev–Trinajstić information content (AvgIpc) is 2.68. The fourth-order valence-electron chi connectivity index (χ4n) is 2.68. The minimum absolute atomic E-state index is 0.00708. The van der Waals surface area contributed by atoms with E-state index in [4.69, 9.17) is 11.6 Å². The van der Waals surface area contributed by atoms with E-state index in [1.807, 2.05) is 29.2 Å². The molecule has 0 radical (unpaired) electrons. The number of anilines is 1. The van der Waals surface area contributed by atoms with E-state index in [1.54, 1.807) is 21.1 Å². The molecule has 2 rings (SSSR count). The highest BCUT2D eigenvalue weighted by Gasteiger charge is 2.21.